The summed E-state index contributed by atoms with van der Waals surface area (Å²) in [4.78, 5) is 13.1. The molecule has 5 nitrogen and oxygen atoms in total. The molecule has 0 spiro atoms. The van der Waals surface area contributed by atoms with Crippen LogP contribution < -0.4 is 4.74 Å². The normalized spacial score (nSPS) is 10.9. The van der Waals surface area contributed by atoms with Crippen molar-refractivity contribution in [3.63, 3.8) is 0 Å². The maximum Gasteiger partial charge on any atom is 0.318 e. The van der Waals surface area contributed by atoms with Gasteiger partial charge < -0.3 is 9.64 Å². The second-order valence-corrected chi connectivity index (χ2v) is 4.45. The van der Waals surface area contributed by atoms with Crippen molar-refractivity contribution in [3.05, 3.63) is 47.7 Å². The molecule has 0 saturated heterocycles. The van der Waals surface area contributed by atoms with Gasteiger partial charge in [0.15, 0.2) is 11.6 Å². The summed E-state index contributed by atoms with van der Waals surface area (Å²) < 4.78 is 31.8. The van der Waals surface area contributed by atoms with Crippen LogP contribution in [0.5, 0.6) is 6.01 Å². The van der Waals surface area contributed by atoms with Gasteiger partial charge in [0.05, 0.1) is 12.5 Å². The minimum Gasteiger partial charge on any atom is -0.459 e. The van der Waals surface area contributed by atoms with Crippen molar-refractivity contribution in [2.75, 3.05) is 14.1 Å². The molecule has 0 N–H and O–H groups in total. The number of rotatable bonds is 5. The van der Waals surface area contributed by atoms with Gasteiger partial charge in [0, 0.05) is 14.1 Å². The highest BCUT2D eigenvalue weighted by molar-refractivity contribution is 5.59. The Labute approximate surface area is 120 Å². The molecular weight excluding hydrogens is 278 g/mol. The molecule has 1 aromatic heterocycles. The summed E-state index contributed by atoms with van der Waals surface area (Å²) >= 11 is 0. The van der Waals surface area contributed by atoms with Gasteiger partial charge in [-0.25, -0.2) is 18.8 Å². The van der Waals surface area contributed by atoms with Crippen molar-refractivity contribution in [1.29, 1.82) is 0 Å². The molecule has 0 radical (unpaired) electrons. The highest BCUT2D eigenvalue weighted by Crippen LogP contribution is 2.17. The van der Waals surface area contributed by atoms with Crippen LogP contribution in [-0.2, 0) is 6.61 Å². The zero-order valence-electron chi connectivity index (χ0n) is 11.6. The van der Waals surface area contributed by atoms with Gasteiger partial charge in [0.1, 0.15) is 12.4 Å². The number of hydrogen-bond acceptors (Lipinski definition) is 4. The van der Waals surface area contributed by atoms with Crippen LogP contribution >= 0.6 is 0 Å². The van der Waals surface area contributed by atoms with Gasteiger partial charge in [-0.05, 0) is 17.7 Å². The van der Waals surface area contributed by atoms with Crippen molar-refractivity contribution < 1.29 is 13.5 Å². The van der Waals surface area contributed by atoms with E-state index < -0.39 is 5.82 Å². The van der Waals surface area contributed by atoms with Gasteiger partial charge in [-0.3, -0.25) is 0 Å². The molecule has 2 rings (SSSR count). The first-order valence-corrected chi connectivity index (χ1v) is 6.15. The van der Waals surface area contributed by atoms with E-state index in [9.17, 15) is 8.78 Å². The van der Waals surface area contributed by atoms with Gasteiger partial charge in [-0.15, -0.1) is 0 Å². The summed E-state index contributed by atoms with van der Waals surface area (Å²) in [5, 5.41) is 0. The molecule has 2 aromatic rings. The number of nitrogens with zero attached hydrogens (tertiary/aromatic N) is 4. The maximum atomic E-state index is 13.5. The van der Waals surface area contributed by atoms with Crippen molar-refractivity contribution in [2.24, 2.45) is 4.99 Å². The molecule has 0 amide bonds. The Kier molecular flexibility index (Phi) is 4.76. The largest absolute Gasteiger partial charge is 0.459 e. The molecular formula is C14H14F2N4O. The third-order valence-electron chi connectivity index (χ3n) is 2.37. The molecule has 0 fully saturated rings. The van der Waals surface area contributed by atoms with Gasteiger partial charge in [-0.1, -0.05) is 12.1 Å². The highest BCUT2D eigenvalue weighted by atomic mass is 19.1. The zero-order chi connectivity index (χ0) is 15.2. The lowest BCUT2D eigenvalue weighted by Crippen LogP contribution is -2.07. The lowest BCUT2D eigenvalue weighted by molar-refractivity contribution is 0.279. The molecule has 1 heterocycles. The molecule has 110 valence electrons. The van der Waals surface area contributed by atoms with E-state index in [1.165, 1.54) is 18.5 Å². The SMILES string of the molecule is CN(C)/C=N/c1nc(OCc2cccc(F)c2)ncc1F. The second-order valence-electron chi connectivity index (χ2n) is 4.45. The first kappa shape index (κ1) is 14.8. The predicted molar refractivity (Wildman–Crippen MR) is 74.6 cm³/mol. The molecule has 0 unspecified atom stereocenters. The van der Waals surface area contributed by atoms with Crippen molar-refractivity contribution >= 4 is 12.2 Å². The topological polar surface area (TPSA) is 50.6 Å². The van der Waals surface area contributed by atoms with Gasteiger partial charge in [0.25, 0.3) is 0 Å². The number of benzene rings is 1. The van der Waals surface area contributed by atoms with Crippen LogP contribution in [0.2, 0.25) is 0 Å². The minimum atomic E-state index is -0.647. The average molecular weight is 292 g/mol. The van der Waals surface area contributed by atoms with Crippen molar-refractivity contribution in [2.45, 2.75) is 6.61 Å². The predicted octanol–water partition coefficient (Wildman–Crippen LogP) is 2.56. The molecule has 0 aliphatic rings. The van der Waals surface area contributed by atoms with Gasteiger partial charge in [0.2, 0.25) is 0 Å². The average Bonchev–Trinajstić information content (AvgIpc) is 2.45. The number of hydrogen-bond donors (Lipinski definition) is 0. The standard InChI is InChI=1S/C14H14F2N4O/c1-20(2)9-18-13-12(16)7-17-14(19-13)21-8-10-4-3-5-11(15)6-10/h3-7,9H,8H2,1-2H3/b18-9+. The van der Waals surface area contributed by atoms with E-state index in [1.807, 2.05) is 0 Å². The van der Waals surface area contributed by atoms with Crippen LogP contribution in [0, 0.1) is 11.6 Å². The zero-order valence-corrected chi connectivity index (χ0v) is 11.6. The maximum absolute atomic E-state index is 13.5. The molecule has 7 heteroatoms. The second kappa shape index (κ2) is 6.74. The summed E-state index contributed by atoms with van der Waals surface area (Å²) in [7, 11) is 3.51. The van der Waals surface area contributed by atoms with Crippen LogP contribution in [-0.4, -0.2) is 35.3 Å². The third-order valence-corrected chi connectivity index (χ3v) is 2.37. The minimum absolute atomic E-state index is 0.0217. The Morgan fingerprint density at radius 2 is 2.14 bits per heavy atom. The Morgan fingerprint density at radius 3 is 2.86 bits per heavy atom. The van der Waals surface area contributed by atoms with E-state index in [1.54, 1.807) is 31.1 Å². The lowest BCUT2D eigenvalue weighted by atomic mass is 10.2. The van der Waals surface area contributed by atoms with E-state index in [2.05, 4.69) is 15.0 Å². The molecule has 0 aliphatic carbocycles. The van der Waals surface area contributed by atoms with E-state index in [-0.39, 0.29) is 24.3 Å². The van der Waals surface area contributed by atoms with Crippen molar-refractivity contribution in [1.82, 2.24) is 14.9 Å². The fraction of sp³-hybridized carbons (Fsp3) is 0.214. The van der Waals surface area contributed by atoms with Crippen LogP contribution in [0.1, 0.15) is 5.56 Å². The van der Waals surface area contributed by atoms with E-state index in [0.717, 1.165) is 6.20 Å². The van der Waals surface area contributed by atoms with Crippen LogP contribution in [0.4, 0.5) is 14.6 Å². The fourth-order valence-electron chi connectivity index (χ4n) is 1.45. The van der Waals surface area contributed by atoms with Crippen LogP contribution in [0.15, 0.2) is 35.5 Å². The number of halogens is 2. The van der Waals surface area contributed by atoms with E-state index >= 15 is 0 Å². The molecule has 1 aromatic carbocycles. The quantitative estimate of drug-likeness (QED) is 0.628. The van der Waals surface area contributed by atoms with E-state index in [0.29, 0.717) is 5.56 Å². The monoisotopic (exact) mass is 292 g/mol. The number of ether oxygens (including phenoxy) is 1. The fourth-order valence-corrected chi connectivity index (χ4v) is 1.45. The molecule has 0 atom stereocenters. The Morgan fingerprint density at radius 1 is 1.33 bits per heavy atom. The number of aromatic nitrogens is 2. The smallest absolute Gasteiger partial charge is 0.318 e. The molecule has 0 aliphatic heterocycles. The first-order chi connectivity index (χ1) is 10.0. The summed E-state index contributed by atoms with van der Waals surface area (Å²) in [5.41, 5.74) is 0.626. The third kappa shape index (κ3) is 4.48. The Hall–Kier alpha value is -2.57. The van der Waals surface area contributed by atoms with Crippen LogP contribution in [0.25, 0.3) is 0 Å². The van der Waals surface area contributed by atoms with E-state index in [4.69, 9.17) is 4.74 Å². The van der Waals surface area contributed by atoms with Gasteiger partial charge >= 0.3 is 6.01 Å². The lowest BCUT2D eigenvalue weighted by Gasteiger charge is -2.06. The number of aliphatic imine (C=N–C) groups is 1. The summed E-state index contributed by atoms with van der Waals surface area (Å²) in [6.45, 7) is 0.0836. The molecule has 0 saturated carbocycles. The van der Waals surface area contributed by atoms with Gasteiger partial charge in [-0.2, -0.15) is 4.98 Å². The summed E-state index contributed by atoms with van der Waals surface area (Å²) in [6.07, 6.45) is 2.40. The molecule has 0 bridgehead atoms. The Balaban J connectivity index is 2.08. The Bertz CT molecular complexity index is 647. The molecule has 21 heavy (non-hydrogen) atoms. The van der Waals surface area contributed by atoms with Crippen LogP contribution in [0.3, 0.4) is 0 Å². The highest BCUT2D eigenvalue weighted by Gasteiger charge is 2.07. The summed E-state index contributed by atoms with van der Waals surface area (Å²) in [6, 6.07) is 5.94. The first-order valence-electron chi connectivity index (χ1n) is 6.15. The summed E-state index contributed by atoms with van der Waals surface area (Å²) in [5.74, 6) is -1.12. The van der Waals surface area contributed by atoms with Crippen molar-refractivity contribution in [3.8, 4) is 6.01 Å².